The third-order valence-corrected chi connectivity index (χ3v) is 3.05. The largest absolute Gasteiger partial charge is 0.484 e. The molecule has 0 aromatic heterocycles. The van der Waals surface area contributed by atoms with Crippen LogP contribution in [0.5, 0.6) is 5.75 Å². The van der Waals surface area contributed by atoms with Gasteiger partial charge in [0.2, 0.25) is 0 Å². The van der Waals surface area contributed by atoms with Crippen LogP contribution in [0, 0.1) is 0 Å². The molecule has 0 atom stereocenters. The molecule has 1 rings (SSSR count). The van der Waals surface area contributed by atoms with Crippen LogP contribution in [-0.2, 0) is 20.7 Å². The number of hydrogen-bond donors (Lipinski definition) is 0. The van der Waals surface area contributed by atoms with E-state index in [-0.39, 0.29) is 19.1 Å². The molecule has 0 aliphatic heterocycles. The number of likely N-dealkylation sites (N-methyl/N-ethyl adjacent to an activating group) is 1. The molecule has 21 heavy (non-hydrogen) atoms. The highest BCUT2D eigenvalue weighted by Crippen LogP contribution is 2.12. The number of rotatable bonds is 8. The Morgan fingerprint density at radius 3 is 2.29 bits per heavy atom. The summed E-state index contributed by atoms with van der Waals surface area (Å²) < 4.78 is 10.3. The van der Waals surface area contributed by atoms with Gasteiger partial charge in [-0.1, -0.05) is 19.1 Å². The Hall–Kier alpha value is -2.04. The molecule has 1 aromatic rings. The zero-order valence-corrected chi connectivity index (χ0v) is 12.9. The van der Waals surface area contributed by atoms with E-state index >= 15 is 0 Å². The van der Waals surface area contributed by atoms with Crippen LogP contribution < -0.4 is 4.74 Å². The van der Waals surface area contributed by atoms with Gasteiger partial charge in [-0.05, 0) is 38.0 Å². The van der Waals surface area contributed by atoms with Crippen molar-refractivity contribution < 1.29 is 19.1 Å². The molecular formula is C16H23NO4. The number of nitrogens with zero attached hydrogens (tertiary/aromatic N) is 1. The summed E-state index contributed by atoms with van der Waals surface area (Å²) in [6.07, 6.45) is 0.961. The average molecular weight is 293 g/mol. The topological polar surface area (TPSA) is 55.8 Å². The molecule has 0 aliphatic carbocycles. The van der Waals surface area contributed by atoms with E-state index in [1.807, 2.05) is 31.2 Å². The summed E-state index contributed by atoms with van der Waals surface area (Å²) in [6, 6.07) is 7.62. The zero-order valence-electron chi connectivity index (χ0n) is 12.9. The number of hydrogen-bond acceptors (Lipinski definition) is 4. The van der Waals surface area contributed by atoms with E-state index < -0.39 is 5.97 Å². The van der Waals surface area contributed by atoms with Crippen LogP contribution in [0.4, 0.5) is 0 Å². The summed E-state index contributed by atoms with van der Waals surface area (Å²) in [5.74, 6) is 0.0119. The summed E-state index contributed by atoms with van der Waals surface area (Å²) in [5, 5.41) is 0. The summed E-state index contributed by atoms with van der Waals surface area (Å²) >= 11 is 0. The van der Waals surface area contributed by atoms with Crippen molar-refractivity contribution in [2.45, 2.75) is 27.2 Å². The van der Waals surface area contributed by atoms with Gasteiger partial charge >= 0.3 is 5.97 Å². The van der Waals surface area contributed by atoms with Crippen LogP contribution in [-0.4, -0.2) is 43.1 Å². The Bertz CT molecular complexity index is 456. The summed E-state index contributed by atoms with van der Waals surface area (Å²) in [7, 11) is 0. The molecule has 0 fully saturated rings. The fraction of sp³-hybridized carbons (Fsp3) is 0.500. The molecule has 0 heterocycles. The van der Waals surface area contributed by atoms with Crippen molar-refractivity contribution >= 4 is 11.9 Å². The summed E-state index contributed by atoms with van der Waals surface area (Å²) in [6.45, 7) is 6.25. The van der Waals surface area contributed by atoms with E-state index in [9.17, 15) is 9.59 Å². The van der Waals surface area contributed by atoms with Crippen molar-refractivity contribution in [3.8, 4) is 5.75 Å². The van der Waals surface area contributed by atoms with Crippen molar-refractivity contribution in [3.63, 3.8) is 0 Å². The van der Waals surface area contributed by atoms with Gasteiger partial charge in [0.15, 0.2) is 6.61 Å². The molecule has 0 saturated heterocycles. The van der Waals surface area contributed by atoms with Gasteiger partial charge < -0.3 is 14.4 Å². The first-order chi connectivity index (χ1) is 10.1. The number of aryl methyl sites for hydroxylation is 1. The van der Waals surface area contributed by atoms with Crippen LogP contribution in [0.15, 0.2) is 24.3 Å². The Balaban J connectivity index is 2.47. The first-order valence-electron chi connectivity index (χ1n) is 7.25. The van der Waals surface area contributed by atoms with E-state index in [1.54, 1.807) is 6.92 Å². The summed E-state index contributed by atoms with van der Waals surface area (Å²) in [4.78, 5) is 24.8. The van der Waals surface area contributed by atoms with Gasteiger partial charge in [0.25, 0.3) is 5.91 Å². The second-order valence-corrected chi connectivity index (χ2v) is 4.50. The molecule has 0 saturated carbocycles. The highest BCUT2D eigenvalue weighted by Gasteiger charge is 2.16. The molecular weight excluding hydrogens is 270 g/mol. The number of carbonyl (C=O) groups is 2. The summed E-state index contributed by atoms with van der Waals surface area (Å²) in [5.41, 5.74) is 1.21. The molecule has 0 spiro atoms. The SMILES string of the molecule is CCOC(=O)CN(CC)C(=O)COc1ccc(CC)cc1. The van der Waals surface area contributed by atoms with Gasteiger partial charge in [-0.3, -0.25) is 9.59 Å². The molecule has 0 radical (unpaired) electrons. The third kappa shape index (κ3) is 5.85. The van der Waals surface area contributed by atoms with Crippen LogP contribution in [0.2, 0.25) is 0 Å². The quantitative estimate of drug-likeness (QED) is 0.688. The predicted octanol–water partition coefficient (Wildman–Crippen LogP) is 2.04. The van der Waals surface area contributed by atoms with Crippen molar-refractivity contribution in [3.05, 3.63) is 29.8 Å². The second-order valence-electron chi connectivity index (χ2n) is 4.50. The fourth-order valence-corrected chi connectivity index (χ4v) is 1.80. The van der Waals surface area contributed by atoms with E-state index in [2.05, 4.69) is 6.92 Å². The maximum atomic E-state index is 12.0. The smallest absolute Gasteiger partial charge is 0.325 e. The number of ether oxygens (including phenoxy) is 2. The number of amides is 1. The number of benzene rings is 1. The normalized spacial score (nSPS) is 10.0. The Morgan fingerprint density at radius 1 is 1.10 bits per heavy atom. The lowest BCUT2D eigenvalue weighted by atomic mass is 10.2. The standard InChI is InChI=1S/C16H23NO4/c1-4-13-7-9-14(10-8-13)21-12-15(18)17(5-2)11-16(19)20-6-3/h7-10H,4-6,11-12H2,1-3H3. The van der Waals surface area contributed by atoms with E-state index in [0.717, 1.165) is 6.42 Å². The Morgan fingerprint density at radius 2 is 1.76 bits per heavy atom. The van der Waals surface area contributed by atoms with Crippen LogP contribution in [0.25, 0.3) is 0 Å². The fourth-order valence-electron chi connectivity index (χ4n) is 1.80. The molecule has 0 N–H and O–H groups in total. The Labute approximate surface area is 125 Å². The molecule has 5 nitrogen and oxygen atoms in total. The van der Waals surface area contributed by atoms with Gasteiger partial charge in [0, 0.05) is 6.54 Å². The Kier molecular flexibility index (Phi) is 7.29. The lowest BCUT2D eigenvalue weighted by Crippen LogP contribution is -2.39. The average Bonchev–Trinajstić information content (AvgIpc) is 2.51. The van der Waals surface area contributed by atoms with E-state index in [0.29, 0.717) is 18.9 Å². The van der Waals surface area contributed by atoms with E-state index in [4.69, 9.17) is 9.47 Å². The van der Waals surface area contributed by atoms with Crippen molar-refractivity contribution in [2.75, 3.05) is 26.3 Å². The number of carbonyl (C=O) groups excluding carboxylic acids is 2. The molecule has 1 aromatic carbocycles. The zero-order chi connectivity index (χ0) is 15.7. The lowest BCUT2D eigenvalue weighted by molar-refractivity contribution is -0.149. The van der Waals surface area contributed by atoms with Gasteiger partial charge in [0.1, 0.15) is 12.3 Å². The molecule has 5 heteroatoms. The van der Waals surface area contributed by atoms with Gasteiger partial charge in [-0.2, -0.15) is 0 Å². The number of esters is 1. The molecule has 0 bridgehead atoms. The monoisotopic (exact) mass is 293 g/mol. The van der Waals surface area contributed by atoms with Gasteiger partial charge in [0.05, 0.1) is 6.61 Å². The second kappa shape index (κ2) is 9.00. The van der Waals surface area contributed by atoms with Crippen molar-refractivity contribution in [1.82, 2.24) is 4.90 Å². The maximum absolute atomic E-state index is 12.0. The lowest BCUT2D eigenvalue weighted by Gasteiger charge is -2.19. The van der Waals surface area contributed by atoms with Crippen molar-refractivity contribution in [2.24, 2.45) is 0 Å². The minimum Gasteiger partial charge on any atom is -0.484 e. The first kappa shape index (κ1) is 17.0. The van der Waals surface area contributed by atoms with Crippen LogP contribution in [0.1, 0.15) is 26.3 Å². The third-order valence-electron chi connectivity index (χ3n) is 3.05. The minimum atomic E-state index is -0.403. The highest BCUT2D eigenvalue weighted by atomic mass is 16.5. The maximum Gasteiger partial charge on any atom is 0.325 e. The molecule has 116 valence electrons. The molecule has 0 unspecified atom stereocenters. The van der Waals surface area contributed by atoms with Crippen molar-refractivity contribution in [1.29, 1.82) is 0 Å². The first-order valence-corrected chi connectivity index (χ1v) is 7.25. The molecule has 0 aliphatic rings. The van der Waals surface area contributed by atoms with Crippen LogP contribution >= 0.6 is 0 Å². The van der Waals surface area contributed by atoms with Crippen LogP contribution in [0.3, 0.4) is 0 Å². The molecule has 1 amide bonds. The van der Waals surface area contributed by atoms with Gasteiger partial charge in [-0.25, -0.2) is 0 Å². The highest BCUT2D eigenvalue weighted by molar-refractivity contribution is 5.83. The van der Waals surface area contributed by atoms with Gasteiger partial charge in [-0.15, -0.1) is 0 Å². The van der Waals surface area contributed by atoms with E-state index in [1.165, 1.54) is 10.5 Å². The predicted molar refractivity (Wildman–Crippen MR) is 80.2 cm³/mol. The minimum absolute atomic E-state index is 0.0404.